The second-order valence-electron chi connectivity index (χ2n) is 5.50. The van der Waals surface area contributed by atoms with E-state index in [4.69, 9.17) is 0 Å². The van der Waals surface area contributed by atoms with E-state index < -0.39 is 0 Å². The highest BCUT2D eigenvalue weighted by molar-refractivity contribution is 9.10. The van der Waals surface area contributed by atoms with Crippen LogP contribution in [0.3, 0.4) is 0 Å². The van der Waals surface area contributed by atoms with E-state index in [1.165, 1.54) is 0 Å². The zero-order chi connectivity index (χ0) is 12.9. The van der Waals surface area contributed by atoms with Crippen molar-refractivity contribution in [1.82, 2.24) is 10.3 Å². The molecule has 0 aliphatic rings. The van der Waals surface area contributed by atoms with Gasteiger partial charge in [-0.2, -0.15) is 0 Å². The molecule has 0 radical (unpaired) electrons. The predicted molar refractivity (Wildman–Crippen MR) is 73.7 cm³/mol. The average molecular weight is 301 g/mol. The van der Waals surface area contributed by atoms with E-state index in [0.29, 0.717) is 13.1 Å². The van der Waals surface area contributed by atoms with Gasteiger partial charge in [0.1, 0.15) is 4.60 Å². The third-order valence-corrected chi connectivity index (χ3v) is 2.75. The summed E-state index contributed by atoms with van der Waals surface area (Å²) in [4.78, 5) is 4.32. The highest BCUT2D eigenvalue weighted by atomic mass is 79.9. The van der Waals surface area contributed by atoms with Gasteiger partial charge in [0.15, 0.2) is 0 Å². The molecular weight excluding hydrogens is 280 g/mol. The minimum Gasteiger partial charge on any atom is -0.392 e. The Morgan fingerprint density at radius 2 is 2.12 bits per heavy atom. The molecule has 1 aromatic heterocycles. The smallest absolute Gasteiger partial charge is 0.106 e. The fraction of sp³-hybridized carbons (Fsp3) is 0.615. The Kier molecular flexibility index (Phi) is 5.56. The molecule has 3 nitrogen and oxygen atoms in total. The van der Waals surface area contributed by atoms with Gasteiger partial charge < -0.3 is 10.4 Å². The fourth-order valence-electron chi connectivity index (χ4n) is 1.69. The van der Waals surface area contributed by atoms with Crippen LogP contribution in [-0.2, 0) is 6.54 Å². The molecule has 0 saturated heterocycles. The summed E-state index contributed by atoms with van der Waals surface area (Å²) in [5.41, 5.74) is 1.14. The molecule has 0 aliphatic carbocycles. The molecule has 0 spiro atoms. The second kappa shape index (κ2) is 6.47. The van der Waals surface area contributed by atoms with Crippen LogP contribution in [0.15, 0.2) is 22.8 Å². The van der Waals surface area contributed by atoms with E-state index in [1.807, 2.05) is 18.2 Å². The standard InChI is InChI=1S/C13H21BrN2O/c1-13(2,3)7-11(17)9-15-8-10-5-4-6-12(14)16-10/h4-6,11,15,17H,7-9H2,1-3H3. The highest BCUT2D eigenvalue weighted by Crippen LogP contribution is 2.20. The molecule has 0 bridgehead atoms. The summed E-state index contributed by atoms with van der Waals surface area (Å²) in [7, 11) is 0. The van der Waals surface area contributed by atoms with Crippen molar-refractivity contribution in [3.05, 3.63) is 28.5 Å². The van der Waals surface area contributed by atoms with Crippen molar-refractivity contribution in [2.75, 3.05) is 6.54 Å². The van der Waals surface area contributed by atoms with Crippen molar-refractivity contribution in [2.45, 2.75) is 39.8 Å². The Balaban J connectivity index is 2.28. The number of hydrogen-bond donors (Lipinski definition) is 2. The van der Waals surface area contributed by atoms with E-state index in [0.717, 1.165) is 16.7 Å². The van der Waals surface area contributed by atoms with E-state index in [2.05, 4.69) is 47.0 Å². The molecule has 1 rings (SSSR count). The summed E-state index contributed by atoms with van der Waals surface area (Å²) < 4.78 is 0.840. The van der Waals surface area contributed by atoms with Gasteiger partial charge in [-0.05, 0) is 39.9 Å². The molecule has 96 valence electrons. The molecule has 1 atom stereocenters. The van der Waals surface area contributed by atoms with Crippen LogP contribution in [0.2, 0.25) is 0 Å². The number of hydrogen-bond acceptors (Lipinski definition) is 3. The summed E-state index contributed by atoms with van der Waals surface area (Å²) in [6.07, 6.45) is 0.494. The average Bonchev–Trinajstić information content (AvgIpc) is 2.14. The van der Waals surface area contributed by atoms with Gasteiger partial charge in [-0.15, -0.1) is 0 Å². The SMILES string of the molecule is CC(C)(C)CC(O)CNCc1cccc(Br)n1. The first-order valence-corrected chi connectivity index (χ1v) is 6.66. The normalized spacial score (nSPS) is 13.7. The van der Waals surface area contributed by atoms with Crippen molar-refractivity contribution >= 4 is 15.9 Å². The maximum atomic E-state index is 9.83. The zero-order valence-electron chi connectivity index (χ0n) is 10.7. The van der Waals surface area contributed by atoms with Crippen LogP contribution in [-0.4, -0.2) is 22.7 Å². The van der Waals surface area contributed by atoms with Crippen molar-refractivity contribution in [3.8, 4) is 0 Å². The van der Waals surface area contributed by atoms with Crippen LogP contribution in [0.25, 0.3) is 0 Å². The number of halogens is 1. The predicted octanol–water partition coefficient (Wildman–Crippen LogP) is 2.73. The van der Waals surface area contributed by atoms with Gasteiger partial charge in [-0.3, -0.25) is 0 Å². The van der Waals surface area contributed by atoms with Crippen LogP contribution >= 0.6 is 15.9 Å². The second-order valence-corrected chi connectivity index (χ2v) is 6.31. The van der Waals surface area contributed by atoms with E-state index in [-0.39, 0.29) is 11.5 Å². The molecule has 0 fully saturated rings. The highest BCUT2D eigenvalue weighted by Gasteiger charge is 2.16. The summed E-state index contributed by atoms with van der Waals surface area (Å²) in [6, 6.07) is 5.82. The topological polar surface area (TPSA) is 45.1 Å². The number of aliphatic hydroxyl groups is 1. The molecule has 2 N–H and O–H groups in total. The Morgan fingerprint density at radius 1 is 1.41 bits per heavy atom. The summed E-state index contributed by atoms with van der Waals surface area (Å²) in [5, 5.41) is 13.0. The molecule has 1 aromatic rings. The minimum atomic E-state index is -0.304. The lowest BCUT2D eigenvalue weighted by molar-refractivity contribution is 0.119. The number of aromatic nitrogens is 1. The van der Waals surface area contributed by atoms with Gasteiger partial charge in [-0.1, -0.05) is 26.8 Å². The lowest BCUT2D eigenvalue weighted by atomic mass is 9.89. The van der Waals surface area contributed by atoms with Crippen LogP contribution in [0.1, 0.15) is 32.9 Å². The molecule has 0 saturated carbocycles. The molecule has 1 unspecified atom stereocenters. The van der Waals surface area contributed by atoms with Gasteiger partial charge in [0.25, 0.3) is 0 Å². The van der Waals surface area contributed by atoms with Crippen LogP contribution in [0.4, 0.5) is 0 Å². The lowest BCUT2D eigenvalue weighted by Crippen LogP contribution is -2.30. The van der Waals surface area contributed by atoms with Crippen molar-refractivity contribution in [3.63, 3.8) is 0 Å². The van der Waals surface area contributed by atoms with Gasteiger partial charge in [0.05, 0.1) is 11.8 Å². The Morgan fingerprint density at radius 3 is 2.71 bits per heavy atom. The molecule has 17 heavy (non-hydrogen) atoms. The summed E-state index contributed by atoms with van der Waals surface area (Å²) in [6.45, 7) is 7.68. The van der Waals surface area contributed by atoms with Crippen LogP contribution in [0.5, 0.6) is 0 Å². The molecule has 0 aliphatic heterocycles. The Hall–Kier alpha value is -0.450. The van der Waals surface area contributed by atoms with Crippen molar-refractivity contribution in [2.24, 2.45) is 5.41 Å². The first-order valence-electron chi connectivity index (χ1n) is 5.87. The molecule has 0 aromatic carbocycles. The summed E-state index contributed by atoms with van der Waals surface area (Å²) >= 11 is 3.33. The molecule has 1 heterocycles. The maximum Gasteiger partial charge on any atom is 0.106 e. The maximum absolute atomic E-state index is 9.83. The van der Waals surface area contributed by atoms with E-state index >= 15 is 0 Å². The number of nitrogens with one attached hydrogen (secondary N) is 1. The van der Waals surface area contributed by atoms with Gasteiger partial charge in [-0.25, -0.2) is 4.98 Å². The van der Waals surface area contributed by atoms with Gasteiger partial charge in [0, 0.05) is 13.1 Å². The third-order valence-electron chi connectivity index (χ3n) is 2.31. The monoisotopic (exact) mass is 300 g/mol. The van der Waals surface area contributed by atoms with E-state index in [1.54, 1.807) is 0 Å². The zero-order valence-corrected chi connectivity index (χ0v) is 12.3. The lowest BCUT2D eigenvalue weighted by Gasteiger charge is -2.22. The first kappa shape index (κ1) is 14.6. The van der Waals surface area contributed by atoms with E-state index in [9.17, 15) is 5.11 Å². The third kappa shape index (κ3) is 6.76. The molecular formula is C13H21BrN2O. The van der Waals surface area contributed by atoms with Gasteiger partial charge >= 0.3 is 0 Å². The van der Waals surface area contributed by atoms with Crippen molar-refractivity contribution in [1.29, 1.82) is 0 Å². The number of nitrogens with zero attached hydrogens (tertiary/aromatic N) is 1. The fourth-order valence-corrected chi connectivity index (χ4v) is 2.08. The molecule has 4 heteroatoms. The van der Waals surface area contributed by atoms with Crippen molar-refractivity contribution < 1.29 is 5.11 Å². The quantitative estimate of drug-likeness (QED) is 0.822. The number of pyridine rings is 1. The summed E-state index contributed by atoms with van der Waals surface area (Å²) in [5.74, 6) is 0. The minimum absolute atomic E-state index is 0.162. The largest absolute Gasteiger partial charge is 0.392 e. The van der Waals surface area contributed by atoms with Crippen LogP contribution in [0, 0.1) is 5.41 Å². The number of aliphatic hydroxyl groups excluding tert-OH is 1. The Labute approximate surface area is 112 Å². The first-order chi connectivity index (χ1) is 7.87. The van der Waals surface area contributed by atoms with Gasteiger partial charge in [0.2, 0.25) is 0 Å². The van der Waals surface area contributed by atoms with Crippen LogP contribution < -0.4 is 5.32 Å². The number of rotatable bonds is 5. The Bertz CT molecular complexity index is 350. The molecule has 0 amide bonds.